The number of carbonyl (C=O) groups is 3. The third-order valence-electron chi connectivity index (χ3n) is 6.92. The van der Waals surface area contributed by atoms with E-state index in [4.69, 9.17) is 23.2 Å². The summed E-state index contributed by atoms with van der Waals surface area (Å²) in [6, 6.07) is 12.0. The zero-order chi connectivity index (χ0) is 27.0. The van der Waals surface area contributed by atoms with Crippen molar-refractivity contribution in [2.24, 2.45) is 11.3 Å². The second-order valence-electron chi connectivity index (χ2n) is 10.4. The fourth-order valence-electron chi connectivity index (χ4n) is 4.82. The highest BCUT2D eigenvalue weighted by Gasteiger charge is 2.39. The molecule has 8 heteroatoms. The SMILES string of the molecule is CC(=O)NC(Cc1ccccc1)C(=O)Sc1cc(Cl)c(Cl)cc1NC(=O)C1(CCC(C)C)CCCCC1. The molecule has 0 spiro atoms. The molecule has 1 atom stereocenters. The lowest BCUT2D eigenvalue weighted by atomic mass is 9.69. The van der Waals surface area contributed by atoms with Crippen LogP contribution >= 0.6 is 35.0 Å². The Labute approximate surface area is 234 Å². The first kappa shape index (κ1) is 29.5. The molecule has 37 heavy (non-hydrogen) atoms. The molecule has 1 saturated carbocycles. The van der Waals surface area contributed by atoms with Gasteiger partial charge in [0.15, 0.2) is 0 Å². The van der Waals surface area contributed by atoms with Crippen LogP contribution in [0.15, 0.2) is 47.4 Å². The highest BCUT2D eigenvalue weighted by molar-refractivity contribution is 8.14. The third-order valence-corrected chi connectivity index (χ3v) is 8.68. The van der Waals surface area contributed by atoms with Crippen LogP contribution in [0.25, 0.3) is 0 Å². The maximum atomic E-state index is 13.7. The van der Waals surface area contributed by atoms with Crippen molar-refractivity contribution in [1.82, 2.24) is 5.32 Å². The second kappa shape index (κ2) is 13.7. The Kier molecular flexibility index (Phi) is 10.9. The number of halogens is 2. The van der Waals surface area contributed by atoms with E-state index in [2.05, 4.69) is 24.5 Å². The molecule has 0 heterocycles. The van der Waals surface area contributed by atoms with E-state index in [-0.39, 0.29) is 16.9 Å². The highest BCUT2D eigenvalue weighted by Crippen LogP contribution is 2.43. The molecule has 5 nitrogen and oxygen atoms in total. The first-order valence-corrected chi connectivity index (χ1v) is 14.5. The van der Waals surface area contributed by atoms with E-state index in [0.717, 1.165) is 62.3 Å². The van der Waals surface area contributed by atoms with Crippen molar-refractivity contribution in [2.45, 2.75) is 83.1 Å². The van der Waals surface area contributed by atoms with Gasteiger partial charge in [-0.15, -0.1) is 0 Å². The highest BCUT2D eigenvalue weighted by atomic mass is 35.5. The van der Waals surface area contributed by atoms with Crippen molar-refractivity contribution in [1.29, 1.82) is 0 Å². The van der Waals surface area contributed by atoms with Crippen LogP contribution in [0.3, 0.4) is 0 Å². The van der Waals surface area contributed by atoms with Crippen LogP contribution in [0.1, 0.15) is 71.3 Å². The van der Waals surface area contributed by atoms with E-state index in [1.807, 2.05) is 30.3 Å². The molecule has 0 saturated heterocycles. The van der Waals surface area contributed by atoms with Crippen LogP contribution < -0.4 is 10.6 Å². The number of anilines is 1. The van der Waals surface area contributed by atoms with Gasteiger partial charge in [0.1, 0.15) is 6.04 Å². The Hall–Kier alpha value is -2.02. The molecule has 200 valence electrons. The van der Waals surface area contributed by atoms with Crippen LogP contribution in [0, 0.1) is 11.3 Å². The summed E-state index contributed by atoms with van der Waals surface area (Å²) < 4.78 is 0. The standard InChI is InChI=1S/C29H36Cl2N2O3S/c1-19(2)12-15-29(13-8-5-9-14-29)28(36)33-24-17-22(30)23(31)18-26(24)37-27(35)25(32-20(3)34)16-21-10-6-4-7-11-21/h4,6-7,10-11,17-19,25H,5,8-9,12-16H2,1-3H3,(H,32,34)(H,33,36). The van der Waals surface area contributed by atoms with Gasteiger partial charge in [-0.3, -0.25) is 14.4 Å². The Morgan fingerprint density at radius 1 is 1.00 bits per heavy atom. The topological polar surface area (TPSA) is 75.3 Å². The Morgan fingerprint density at radius 3 is 2.27 bits per heavy atom. The van der Waals surface area contributed by atoms with E-state index in [9.17, 15) is 14.4 Å². The number of thioether (sulfide) groups is 1. The van der Waals surface area contributed by atoms with Gasteiger partial charge >= 0.3 is 0 Å². The van der Waals surface area contributed by atoms with E-state index >= 15 is 0 Å². The monoisotopic (exact) mass is 562 g/mol. The number of amides is 2. The number of carbonyl (C=O) groups excluding carboxylic acids is 3. The average molecular weight is 564 g/mol. The molecule has 1 aliphatic rings. The normalized spacial score (nSPS) is 15.7. The number of rotatable bonds is 10. The van der Waals surface area contributed by atoms with Crippen LogP contribution in [-0.4, -0.2) is 23.0 Å². The van der Waals surface area contributed by atoms with Gasteiger partial charge in [-0.25, -0.2) is 0 Å². The summed E-state index contributed by atoms with van der Waals surface area (Å²) in [6.07, 6.45) is 7.09. The van der Waals surface area contributed by atoms with E-state index in [0.29, 0.717) is 33.0 Å². The molecule has 1 unspecified atom stereocenters. The second-order valence-corrected chi connectivity index (χ2v) is 12.2. The molecule has 2 aromatic rings. The molecule has 2 aromatic carbocycles. The average Bonchev–Trinajstić information content (AvgIpc) is 2.86. The minimum atomic E-state index is -0.737. The Bertz CT molecular complexity index is 1100. The van der Waals surface area contributed by atoms with Crippen LogP contribution in [0.4, 0.5) is 5.69 Å². The molecular weight excluding hydrogens is 527 g/mol. The van der Waals surface area contributed by atoms with E-state index < -0.39 is 11.5 Å². The quantitative estimate of drug-likeness (QED) is 0.291. The fourth-order valence-corrected chi connectivity index (χ4v) is 6.11. The minimum absolute atomic E-state index is 0.0248. The van der Waals surface area contributed by atoms with Crippen molar-refractivity contribution in [2.75, 3.05) is 5.32 Å². The van der Waals surface area contributed by atoms with Crippen LogP contribution in [-0.2, 0) is 20.8 Å². The number of nitrogens with one attached hydrogen (secondary N) is 2. The molecule has 1 fully saturated rings. The Balaban J connectivity index is 1.85. The summed E-state index contributed by atoms with van der Waals surface area (Å²) in [4.78, 5) is 39.5. The zero-order valence-electron chi connectivity index (χ0n) is 21.7. The molecule has 2 N–H and O–H groups in total. The van der Waals surface area contributed by atoms with Gasteiger partial charge in [-0.05, 0) is 61.1 Å². The van der Waals surface area contributed by atoms with Gasteiger partial charge in [0.25, 0.3) is 0 Å². The maximum absolute atomic E-state index is 13.7. The van der Waals surface area contributed by atoms with Gasteiger partial charge in [-0.1, -0.05) is 86.6 Å². The number of hydrogen-bond acceptors (Lipinski definition) is 4. The summed E-state index contributed by atoms with van der Waals surface area (Å²) >= 11 is 13.6. The van der Waals surface area contributed by atoms with Crippen molar-refractivity contribution in [3.63, 3.8) is 0 Å². The van der Waals surface area contributed by atoms with Crippen LogP contribution in [0.2, 0.25) is 10.0 Å². The maximum Gasteiger partial charge on any atom is 0.230 e. The zero-order valence-corrected chi connectivity index (χ0v) is 24.1. The fraction of sp³-hybridized carbons (Fsp3) is 0.483. The predicted octanol–water partition coefficient (Wildman–Crippen LogP) is 7.68. The van der Waals surface area contributed by atoms with Gasteiger partial charge in [-0.2, -0.15) is 0 Å². The third kappa shape index (κ3) is 8.49. The summed E-state index contributed by atoms with van der Waals surface area (Å²) in [5.74, 6) is 0.195. The summed E-state index contributed by atoms with van der Waals surface area (Å²) in [5, 5.41) is 6.21. The van der Waals surface area contributed by atoms with Crippen molar-refractivity contribution in [3.05, 3.63) is 58.1 Å². The Morgan fingerprint density at radius 2 is 1.65 bits per heavy atom. The van der Waals surface area contributed by atoms with Gasteiger partial charge < -0.3 is 10.6 Å². The van der Waals surface area contributed by atoms with E-state index in [1.165, 1.54) is 6.92 Å². The molecule has 0 aromatic heterocycles. The summed E-state index contributed by atoms with van der Waals surface area (Å²) in [6.45, 7) is 5.74. The van der Waals surface area contributed by atoms with Crippen molar-refractivity contribution in [3.8, 4) is 0 Å². The summed E-state index contributed by atoms with van der Waals surface area (Å²) in [5.41, 5.74) is 0.975. The van der Waals surface area contributed by atoms with Crippen LogP contribution in [0.5, 0.6) is 0 Å². The molecule has 3 rings (SSSR count). The molecule has 0 radical (unpaired) electrons. The van der Waals surface area contributed by atoms with Gasteiger partial charge in [0.2, 0.25) is 16.9 Å². The lowest BCUT2D eigenvalue weighted by molar-refractivity contribution is -0.128. The summed E-state index contributed by atoms with van der Waals surface area (Å²) in [7, 11) is 0. The largest absolute Gasteiger partial charge is 0.345 e. The number of hydrogen-bond donors (Lipinski definition) is 2. The molecule has 2 amide bonds. The van der Waals surface area contributed by atoms with Crippen molar-refractivity contribution < 1.29 is 14.4 Å². The molecule has 0 bridgehead atoms. The van der Waals surface area contributed by atoms with Crippen molar-refractivity contribution >= 4 is 57.6 Å². The molecule has 0 aliphatic heterocycles. The predicted molar refractivity (Wildman–Crippen MR) is 153 cm³/mol. The molecular formula is C29H36Cl2N2O3S. The molecule has 1 aliphatic carbocycles. The smallest absolute Gasteiger partial charge is 0.230 e. The minimum Gasteiger partial charge on any atom is -0.345 e. The lowest BCUT2D eigenvalue weighted by Crippen LogP contribution is -2.40. The first-order chi connectivity index (χ1) is 17.6. The number of benzene rings is 2. The first-order valence-electron chi connectivity index (χ1n) is 12.9. The van der Waals surface area contributed by atoms with E-state index in [1.54, 1.807) is 12.1 Å². The van der Waals surface area contributed by atoms with Gasteiger partial charge in [0.05, 0.1) is 15.7 Å². The lowest BCUT2D eigenvalue weighted by Gasteiger charge is -2.36. The van der Waals surface area contributed by atoms with Gasteiger partial charge in [0, 0.05) is 23.7 Å².